The topological polar surface area (TPSA) is 55.2 Å². The number of aromatic nitrogens is 2. The second-order valence-electron chi connectivity index (χ2n) is 7.23. The summed E-state index contributed by atoms with van der Waals surface area (Å²) < 4.78 is 2.16. The van der Waals surface area contributed by atoms with Gasteiger partial charge in [0.25, 0.3) is 5.56 Å². The zero-order chi connectivity index (χ0) is 20.4. The number of carbonyl (C=O) groups excluding carboxylic acids is 1. The number of amides is 1. The van der Waals surface area contributed by atoms with Gasteiger partial charge >= 0.3 is 0 Å². The quantitative estimate of drug-likeness (QED) is 0.408. The molecule has 0 saturated heterocycles. The van der Waals surface area contributed by atoms with Crippen molar-refractivity contribution in [2.45, 2.75) is 43.3 Å². The van der Waals surface area contributed by atoms with Crippen molar-refractivity contribution in [3.63, 3.8) is 0 Å². The van der Waals surface area contributed by atoms with Gasteiger partial charge in [0, 0.05) is 18.1 Å². The molecule has 0 radical (unpaired) electrons. The fraction of sp³-hybridized carbons (Fsp3) is 0.381. The van der Waals surface area contributed by atoms with E-state index in [1.54, 1.807) is 22.8 Å². The van der Waals surface area contributed by atoms with E-state index in [1.807, 2.05) is 29.5 Å². The van der Waals surface area contributed by atoms with Crippen LogP contribution in [0.3, 0.4) is 0 Å². The second-order valence-corrected chi connectivity index (χ2v) is 9.53. The van der Waals surface area contributed by atoms with E-state index in [0.717, 1.165) is 12.8 Å². The first-order valence-corrected chi connectivity index (χ1v) is 11.9. The molecule has 0 atom stereocenters. The van der Waals surface area contributed by atoms with Crippen LogP contribution in [-0.4, -0.2) is 39.2 Å². The van der Waals surface area contributed by atoms with Crippen LogP contribution >= 0.6 is 34.7 Å². The summed E-state index contributed by atoms with van der Waals surface area (Å²) in [5, 5.41) is 2.91. The lowest BCUT2D eigenvalue weighted by atomic mass is 9.94. The Bertz CT molecular complexity index is 1090. The van der Waals surface area contributed by atoms with E-state index in [0.29, 0.717) is 32.1 Å². The molecule has 0 spiro atoms. The van der Waals surface area contributed by atoms with E-state index in [9.17, 15) is 9.59 Å². The monoisotopic (exact) mass is 447 g/mol. The minimum absolute atomic E-state index is 0.0687. The summed E-state index contributed by atoms with van der Waals surface area (Å²) in [4.78, 5) is 32.5. The van der Waals surface area contributed by atoms with Gasteiger partial charge in [-0.15, -0.1) is 11.3 Å². The smallest absolute Gasteiger partial charge is 0.276 e. The van der Waals surface area contributed by atoms with Crippen molar-refractivity contribution in [3.8, 4) is 5.69 Å². The van der Waals surface area contributed by atoms with E-state index in [1.165, 1.54) is 42.4 Å². The molecule has 0 bridgehead atoms. The number of nitrogens with zero attached hydrogens (tertiary/aromatic N) is 3. The minimum atomic E-state index is -0.136. The van der Waals surface area contributed by atoms with Crippen molar-refractivity contribution < 1.29 is 4.79 Å². The number of thioether (sulfide) groups is 1. The summed E-state index contributed by atoms with van der Waals surface area (Å²) in [7, 11) is 1.89. The van der Waals surface area contributed by atoms with Gasteiger partial charge in [-0.25, -0.2) is 4.98 Å². The predicted octanol–water partition coefficient (Wildman–Crippen LogP) is 4.98. The molecule has 1 amide bonds. The zero-order valence-electron chi connectivity index (χ0n) is 16.1. The molecule has 0 aliphatic heterocycles. The lowest BCUT2D eigenvalue weighted by Gasteiger charge is -2.31. The van der Waals surface area contributed by atoms with Gasteiger partial charge in [-0.1, -0.05) is 48.7 Å². The predicted molar refractivity (Wildman–Crippen MR) is 121 cm³/mol. The van der Waals surface area contributed by atoms with Gasteiger partial charge in [-0.05, 0) is 42.5 Å². The number of benzene rings is 1. The first kappa shape index (κ1) is 20.4. The van der Waals surface area contributed by atoms with E-state index < -0.39 is 0 Å². The molecule has 1 aliphatic carbocycles. The van der Waals surface area contributed by atoms with E-state index in [-0.39, 0.29) is 17.2 Å². The van der Waals surface area contributed by atoms with Crippen molar-refractivity contribution in [3.05, 3.63) is 51.1 Å². The van der Waals surface area contributed by atoms with E-state index in [4.69, 9.17) is 11.6 Å². The fourth-order valence-corrected chi connectivity index (χ4v) is 5.61. The van der Waals surface area contributed by atoms with Crippen LogP contribution < -0.4 is 5.56 Å². The third-order valence-electron chi connectivity index (χ3n) is 5.36. The van der Waals surface area contributed by atoms with Crippen LogP contribution in [0.4, 0.5) is 0 Å². The van der Waals surface area contributed by atoms with Crippen LogP contribution in [0.25, 0.3) is 15.9 Å². The number of thiophene rings is 1. The molecule has 1 aromatic carbocycles. The lowest BCUT2D eigenvalue weighted by Crippen LogP contribution is -2.39. The lowest BCUT2D eigenvalue weighted by molar-refractivity contribution is -0.129. The maximum absolute atomic E-state index is 13.1. The average Bonchev–Trinajstić information content (AvgIpc) is 3.21. The molecule has 2 heterocycles. The van der Waals surface area contributed by atoms with Crippen LogP contribution in [0.15, 0.2) is 45.7 Å². The first-order chi connectivity index (χ1) is 14.0. The van der Waals surface area contributed by atoms with E-state index >= 15 is 0 Å². The van der Waals surface area contributed by atoms with Gasteiger partial charge in [0.1, 0.15) is 4.70 Å². The van der Waals surface area contributed by atoms with Gasteiger partial charge in [0.15, 0.2) is 5.16 Å². The highest BCUT2D eigenvalue weighted by molar-refractivity contribution is 7.99. The van der Waals surface area contributed by atoms with E-state index in [2.05, 4.69) is 4.98 Å². The minimum Gasteiger partial charge on any atom is -0.342 e. The standard InChI is InChI=1S/C21H22ClN3O2S2/c1-24(15-7-3-2-4-8-15)18(26)13-29-21-23-17-10-11-28-19(17)20(27)25(21)16-9-5-6-14(22)12-16/h5-6,9-12,15H,2-4,7-8,13H2,1H3. The van der Waals surface area contributed by atoms with Crippen LogP contribution in [0.5, 0.6) is 0 Å². The van der Waals surface area contributed by atoms with Gasteiger partial charge in [0.05, 0.1) is 17.0 Å². The van der Waals surface area contributed by atoms with Gasteiger partial charge in [-0.3, -0.25) is 14.2 Å². The Morgan fingerprint density at radius 2 is 2.10 bits per heavy atom. The third kappa shape index (κ3) is 4.37. The van der Waals surface area contributed by atoms with Gasteiger partial charge in [-0.2, -0.15) is 0 Å². The second kappa shape index (κ2) is 8.90. The Kier molecular flexibility index (Phi) is 6.27. The van der Waals surface area contributed by atoms with Crippen LogP contribution in [0.1, 0.15) is 32.1 Å². The number of halogens is 1. The third-order valence-corrected chi connectivity index (χ3v) is 7.41. The Morgan fingerprint density at radius 3 is 2.86 bits per heavy atom. The summed E-state index contributed by atoms with van der Waals surface area (Å²) in [5.74, 6) is 0.314. The molecule has 8 heteroatoms. The Morgan fingerprint density at radius 1 is 1.31 bits per heavy atom. The van der Waals surface area contributed by atoms with Crippen LogP contribution in [0, 0.1) is 0 Å². The van der Waals surface area contributed by atoms with Crippen molar-refractivity contribution in [2.75, 3.05) is 12.8 Å². The maximum atomic E-state index is 13.1. The Balaban J connectivity index is 1.63. The molecule has 1 aliphatic rings. The van der Waals surface area contributed by atoms with Crippen LogP contribution in [0.2, 0.25) is 5.02 Å². The average molecular weight is 448 g/mol. The number of hydrogen-bond acceptors (Lipinski definition) is 5. The largest absolute Gasteiger partial charge is 0.342 e. The first-order valence-electron chi connectivity index (χ1n) is 9.69. The fourth-order valence-electron chi connectivity index (χ4n) is 3.73. The molecule has 3 aromatic rings. The van der Waals surface area contributed by atoms with Crippen LogP contribution in [-0.2, 0) is 4.79 Å². The highest BCUT2D eigenvalue weighted by Gasteiger charge is 2.23. The molecule has 29 heavy (non-hydrogen) atoms. The summed E-state index contributed by atoms with van der Waals surface area (Å²) >= 11 is 8.82. The Labute approximate surface area is 182 Å². The zero-order valence-corrected chi connectivity index (χ0v) is 18.5. The van der Waals surface area contributed by atoms with Gasteiger partial charge in [0.2, 0.25) is 5.91 Å². The molecule has 1 fully saturated rings. The normalized spacial score (nSPS) is 15.0. The number of carbonyl (C=O) groups is 1. The molecule has 152 valence electrons. The SMILES string of the molecule is CN(C(=O)CSc1nc2ccsc2c(=O)n1-c1cccc(Cl)c1)C1CCCCC1. The summed E-state index contributed by atoms with van der Waals surface area (Å²) in [6.45, 7) is 0. The molecule has 1 saturated carbocycles. The van der Waals surface area contributed by atoms with Crippen molar-refractivity contribution >= 4 is 50.8 Å². The molecule has 0 unspecified atom stereocenters. The molecule has 0 N–H and O–H groups in total. The molecular weight excluding hydrogens is 426 g/mol. The van der Waals surface area contributed by atoms with Crippen molar-refractivity contribution in [1.29, 1.82) is 0 Å². The number of rotatable bonds is 5. The molecule has 4 rings (SSSR count). The van der Waals surface area contributed by atoms with Crippen molar-refractivity contribution in [2.24, 2.45) is 0 Å². The molecule has 2 aromatic heterocycles. The van der Waals surface area contributed by atoms with Gasteiger partial charge < -0.3 is 4.90 Å². The van der Waals surface area contributed by atoms with Crippen molar-refractivity contribution in [1.82, 2.24) is 14.5 Å². The maximum Gasteiger partial charge on any atom is 0.276 e. The number of hydrogen-bond donors (Lipinski definition) is 0. The molecule has 5 nitrogen and oxygen atoms in total. The Hall–Kier alpha value is -1.83. The summed E-state index contributed by atoms with van der Waals surface area (Å²) in [6.07, 6.45) is 5.75. The summed E-state index contributed by atoms with van der Waals surface area (Å²) in [6, 6.07) is 9.30. The highest BCUT2D eigenvalue weighted by atomic mass is 35.5. The highest BCUT2D eigenvalue weighted by Crippen LogP contribution is 2.26. The number of fused-ring (bicyclic) bond motifs is 1. The summed E-state index contributed by atoms with van der Waals surface area (Å²) in [5.41, 5.74) is 1.18. The molecular formula is C21H22ClN3O2S2.